The van der Waals surface area contributed by atoms with Crippen molar-refractivity contribution in [2.24, 2.45) is 9.98 Å². The molecule has 1 aliphatic rings. The zero-order valence-corrected chi connectivity index (χ0v) is 14.2. The van der Waals surface area contributed by atoms with Crippen LogP contribution in [0.25, 0.3) is 0 Å². The highest BCUT2D eigenvalue weighted by atomic mass is 16.5. The summed E-state index contributed by atoms with van der Waals surface area (Å²) in [6.07, 6.45) is 1.38. The SMILES string of the molecule is CCOC(=O)/C(C1=NC(=NC(=O)c2ccco2)c2ccccc21)=C(/C)O. The summed E-state index contributed by atoms with van der Waals surface area (Å²) in [7, 11) is 0. The Balaban J connectivity index is 2.10. The van der Waals surface area contributed by atoms with Crippen molar-refractivity contribution in [3.63, 3.8) is 0 Å². The number of fused-ring (bicyclic) bond motifs is 1. The Hall–Kier alpha value is -3.48. The fourth-order valence-electron chi connectivity index (χ4n) is 2.56. The normalized spacial score (nSPS) is 15.3. The molecule has 3 rings (SSSR count). The van der Waals surface area contributed by atoms with E-state index in [1.807, 2.05) is 0 Å². The standard InChI is InChI=1S/C19H16N2O5/c1-3-25-19(24)15(11(2)22)16-12-7-4-5-8-13(12)17(20-16)21-18(23)14-9-6-10-26-14/h4-10,22H,3H2,1-2H3/b15-11-,21-17?. The van der Waals surface area contributed by atoms with E-state index in [1.165, 1.54) is 19.3 Å². The number of nitrogens with zero attached hydrogens (tertiary/aromatic N) is 2. The molecule has 1 aromatic carbocycles. The van der Waals surface area contributed by atoms with Gasteiger partial charge in [-0.1, -0.05) is 24.3 Å². The van der Waals surface area contributed by atoms with Crippen molar-refractivity contribution < 1.29 is 23.8 Å². The second kappa shape index (κ2) is 7.18. The topological polar surface area (TPSA) is 101 Å². The Morgan fingerprint density at radius 3 is 2.54 bits per heavy atom. The Labute approximate surface area is 149 Å². The number of amides is 1. The van der Waals surface area contributed by atoms with Gasteiger partial charge < -0.3 is 14.3 Å². The molecule has 0 unspecified atom stereocenters. The second-order valence-electron chi connectivity index (χ2n) is 5.40. The van der Waals surface area contributed by atoms with Crippen molar-refractivity contribution in [2.75, 3.05) is 6.61 Å². The molecule has 0 spiro atoms. The van der Waals surface area contributed by atoms with Crippen LogP contribution < -0.4 is 0 Å². The number of rotatable bonds is 4. The Bertz CT molecular complexity index is 948. The highest BCUT2D eigenvalue weighted by Crippen LogP contribution is 2.25. The fourth-order valence-corrected chi connectivity index (χ4v) is 2.56. The molecule has 1 N–H and O–H groups in total. The van der Waals surface area contributed by atoms with Gasteiger partial charge in [-0.15, -0.1) is 0 Å². The lowest BCUT2D eigenvalue weighted by Crippen LogP contribution is -2.18. The number of benzene rings is 1. The van der Waals surface area contributed by atoms with E-state index in [0.717, 1.165) is 0 Å². The van der Waals surface area contributed by atoms with Gasteiger partial charge in [-0.2, -0.15) is 4.99 Å². The zero-order chi connectivity index (χ0) is 18.7. The number of aliphatic imine (C=N–C) groups is 2. The maximum absolute atomic E-state index is 12.3. The van der Waals surface area contributed by atoms with Gasteiger partial charge in [0.25, 0.3) is 0 Å². The molecule has 1 aromatic heterocycles. The lowest BCUT2D eigenvalue weighted by Gasteiger charge is -2.08. The molecule has 1 amide bonds. The fraction of sp³-hybridized carbons (Fsp3) is 0.158. The number of carbonyl (C=O) groups excluding carboxylic acids is 2. The quantitative estimate of drug-likeness (QED) is 0.518. The monoisotopic (exact) mass is 352 g/mol. The summed E-state index contributed by atoms with van der Waals surface area (Å²) in [5.74, 6) is -1.29. The van der Waals surface area contributed by atoms with E-state index in [2.05, 4.69) is 9.98 Å². The lowest BCUT2D eigenvalue weighted by atomic mass is 9.99. The number of aliphatic hydroxyl groups excluding tert-OH is 1. The highest BCUT2D eigenvalue weighted by molar-refractivity contribution is 6.36. The summed E-state index contributed by atoms with van der Waals surface area (Å²) >= 11 is 0. The molecule has 0 saturated heterocycles. The predicted molar refractivity (Wildman–Crippen MR) is 94.5 cm³/mol. The first-order valence-electron chi connectivity index (χ1n) is 7.95. The first-order chi connectivity index (χ1) is 12.5. The average molecular weight is 352 g/mol. The maximum Gasteiger partial charge on any atom is 0.343 e. The number of hydrogen-bond donors (Lipinski definition) is 1. The number of aliphatic hydroxyl groups is 1. The van der Waals surface area contributed by atoms with Crippen LogP contribution in [-0.4, -0.2) is 35.1 Å². The molecule has 26 heavy (non-hydrogen) atoms. The average Bonchev–Trinajstić information content (AvgIpc) is 3.25. The first-order valence-corrected chi connectivity index (χ1v) is 7.95. The van der Waals surface area contributed by atoms with Crippen molar-refractivity contribution in [1.82, 2.24) is 0 Å². The van der Waals surface area contributed by atoms with Gasteiger partial charge in [0.1, 0.15) is 11.3 Å². The van der Waals surface area contributed by atoms with Gasteiger partial charge in [0.05, 0.1) is 18.6 Å². The molecule has 2 heterocycles. The number of furan rings is 1. The number of amidine groups is 1. The van der Waals surface area contributed by atoms with E-state index < -0.39 is 11.9 Å². The van der Waals surface area contributed by atoms with Crippen LogP contribution >= 0.6 is 0 Å². The Morgan fingerprint density at radius 1 is 1.19 bits per heavy atom. The summed E-state index contributed by atoms with van der Waals surface area (Å²) in [5, 5.41) is 9.99. The first kappa shape index (κ1) is 17.3. The van der Waals surface area contributed by atoms with Gasteiger partial charge in [0.2, 0.25) is 0 Å². The van der Waals surface area contributed by atoms with Crippen molar-refractivity contribution in [2.45, 2.75) is 13.8 Å². The van der Waals surface area contributed by atoms with E-state index in [-0.39, 0.29) is 35.2 Å². The third kappa shape index (κ3) is 3.19. The third-order valence-electron chi connectivity index (χ3n) is 3.66. The van der Waals surface area contributed by atoms with Gasteiger partial charge in [-0.25, -0.2) is 9.79 Å². The van der Waals surface area contributed by atoms with Crippen molar-refractivity contribution >= 4 is 23.4 Å². The summed E-state index contributed by atoms with van der Waals surface area (Å²) in [6, 6.07) is 10.1. The smallest absolute Gasteiger partial charge is 0.343 e. The minimum Gasteiger partial charge on any atom is -0.512 e. The van der Waals surface area contributed by atoms with Crippen LogP contribution in [0.4, 0.5) is 0 Å². The molecular weight excluding hydrogens is 336 g/mol. The van der Waals surface area contributed by atoms with Crippen molar-refractivity contribution in [3.05, 3.63) is 70.9 Å². The number of carbonyl (C=O) groups is 2. The molecular formula is C19H16N2O5. The molecule has 1 aliphatic heterocycles. The van der Waals surface area contributed by atoms with Crippen LogP contribution in [0.5, 0.6) is 0 Å². The van der Waals surface area contributed by atoms with Crippen LogP contribution in [-0.2, 0) is 9.53 Å². The van der Waals surface area contributed by atoms with Gasteiger partial charge in [0.15, 0.2) is 11.6 Å². The zero-order valence-electron chi connectivity index (χ0n) is 14.2. The molecule has 132 valence electrons. The van der Waals surface area contributed by atoms with Crippen molar-refractivity contribution in [3.8, 4) is 0 Å². The van der Waals surface area contributed by atoms with Gasteiger partial charge in [-0.05, 0) is 26.0 Å². The molecule has 0 aliphatic carbocycles. The predicted octanol–water partition coefficient (Wildman–Crippen LogP) is 3.06. The van der Waals surface area contributed by atoms with Gasteiger partial charge in [-0.3, -0.25) is 4.79 Å². The Morgan fingerprint density at radius 2 is 1.92 bits per heavy atom. The lowest BCUT2D eigenvalue weighted by molar-refractivity contribution is -0.138. The summed E-state index contributed by atoms with van der Waals surface area (Å²) in [5.41, 5.74) is 1.31. The highest BCUT2D eigenvalue weighted by Gasteiger charge is 2.30. The van der Waals surface area contributed by atoms with Crippen LogP contribution in [0, 0.1) is 0 Å². The van der Waals surface area contributed by atoms with E-state index in [0.29, 0.717) is 11.1 Å². The number of hydrogen-bond acceptors (Lipinski definition) is 5. The molecule has 7 heteroatoms. The summed E-state index contributed by atoms with van der Waals surface area (Å²) < 4.78 is 10.1. The molecule has 2 aromatic rings. The number of esters is 1. The van der Waals surface area contributed by atoms with Crippen LogP contribution in [0.3, 0.4) is 0 Å². The third-order valence-corrected chi connectivity index (χ3v) is 3.66. The van der Waals surface area contributed by atoms with E-state index >= 15 is 0 Å². The van der Waals surface area contributed by atoms with Crippen LogP contribution in [0.15, 0.2) is 68.4 Å². The molecule has 7 nitrogen and oxygen atoms in total. The van der Waals surface area contributed by atoms with E-state index in [1.54, 1.807) is 37.3 Å². The van der Waals surface area contributed by atoms with Crippen LogP contribution in [0.1, 0.15) is 35.5 Å². The largest absolute Gasteiger partial charge is 0.512 e. The minimum atomic E-state index is -0.695. The molecule has 0 radical (unpaired) electrons. The molecule has 0 bridgehead atoms. The molecule has 0 fully saturated rings. The maximum atomic E-state index is 12.3. The second-order valence-corrected chi connectivity index (χ2v) is 5.40. The molecule has 0 saturated carbocycles. The van der Waals surface area contributed by atoms with Gasteiger partial charge in [0, 0.05) is 11.1 Å². The summed E-state index contributed by atoms with van der Waals surface area (Å²) in [4.78, 5) is 32.8. The van der Waals surface area contributed by atoms with E-state index in [4.69, 9.17) is 9.15 Å². The number of ether oxygens (including phenoxy) is 1. The minimum absolute atomic E-state index is 0.0602. The van der Waals surface area contributed by atoms with Crippen LogP contribution in [0.2, 0.25) is 0 Å². The number of allylic oxidation sites excluding steroid dienone is 1. The Kier molecular flexibility index (Phi) is 4.79. The van der Waals surface area contributed by atoms with E-state index in [9.17, 15) is 14.7 Å². The molecule has 0 atom stereocenters. The summed E-state index contributed by atoms with van der Waals surface area (Å²) in [6.45, 7) is 3.20. The van der Waals surface area contributed by atoms with Gasteiger partial charge >= 0.3 is 11.9 Å². The van der Waals surface area contributed by atoms with Crippen molar-refractivity contribution in [1.29, 1.82) is 0 Å².